The van der Waals surface area contributed by atoms with E-state index in [4.69, 9.17) is 0 Å². The van der Waals surface area contributed by atoms with E-state index in [1.165, 1.54) is 24.3 Å². The number of likely N-dealkylation sites (tertiary alicyclic amines) is 1. The summed E-state index contributed by atoms with van der Waals surface area (Å²) in [4.78, 5) is 18.1. The third kappa shape index (κ3) is 4.70. The molecule has 0 aliphatic carbocycles. The fourth-order valence-corrected chi connectivity index (χ4v) is 2.24. The van der Waals surface area contributed by atoms with Crippen molar-refractivity contribution < 1.29 is 14.3 Å². The van der Waals surface area contributed by atoms with Crippen molar-refractivity contribution in [3.8, 4) is 0 Å². The number of halogens is 1. The summed E-state index contributed by atoms with van der Waals surface area (Å²) in [5.74, 6) is -0.00638. The number of aliphatic imine (C=N–C) groups is 1. The van der Waals surface area contributed by atoms with Crippen LogP contribution in [0.15, 0.2) is 29.3 Å². The van der Waals surface area contributed by atoms with Crippen molar-refractivity contribution in [3.63, 3.8) is 0 Å². The fraction of sp³-hybridized carbons (Fsp3) is 0.467. The summed E-state index contributed by atoms with van der Waals surface area (Å²) in [6.07, 6.45) is 0.350. The van der Waals surface area contributed by atoms with Crippen LogP contribution < -0.4 is 10.6 Å². The van der Waals surface area contributed by atoms with Crippen LogP contribution >= 0.6 is 0 Å². The molecule has 1 atom stereocenters. The number of aliphatic hydroxyl groups is 1. The molecule has 1 aliphatic heterocycles. The Kier molecular flexibility index (Phi) is 5.71. The lowest BCUT2D eigenvalue weighted by molar-refractivity contribution is -0.114. The monoisotopic (exact) mass is 308 g/mol. The van der Waals surface area contributed by atoms with Gasteiger partial charge in [-0.05, 0) is 37.6 Å². The summed E-state index contributed by atoms with van der Waals surface area (Å²) < 4.78 is 12.8. The van der Waals surface area contributed by atoms with E-state index < -0.39 is 0 Å². The Morgan fingerprint density at radius 3 is 2.77 bits per heavy atom. The van der Waals surface area contributed by atoms with Crippen molar-refractivity contribution in [1.29, 1.82) is 0 Å². The molecule has 6 nitrogen and oxygen atoms in total. The molecule has 1 aliphatic rings. The molecule has 0 saturated carbocycles. The minimum Gasteiger partial charge on any atom is -0.391 e. The standard InChI is InChI=1S/C15H21FN4O2/c1-2-17-15(20-8-7-13(21)10-20)18-9-14(22)19-12-5-3-11(16)4-6-12/h3-6,13,21H,2,7-10H2,1H3,(H,17,18)(H,19,22)/t13-/m1/s1. The van der Waals surface area contributed by atoms with Crippen molar-refractivity contribution in [3.05, 3.63) is 30.1 Å². The molecule has 22 heavy (non-hydrogen) atoms. The highest BCUT2D eigenvalue weighted by atomic mass is 19.1. The number of hydrogen-bond acceptors (Lipinski definition) is 3. The Bertz CT molecular complexity index is 533. The zero-order valence-electron chi connectivity index (χ0n) is 12.6. The van der Waals surface area contributed by atoms with Crippen molar-refractivity contribution in [2.45, 2.75) is 19.4 Å². The van der Waals surface area contributed by atoms with Crippen molar-refractivity contribution in [2.24, 2.45) is 4.99 Å². The van der Waals surface area contributed by atoms with Crippen molar-refractivity contribution >= 4 is 17.6 Å². The van der Waals surface area contributed by atoms with Gasteiger partial charge in [0, 0.05) is 25.3 Å². The molecule has 0 radical (unpaired) electrons. The highest BCUT2D eigenvalue weighted by Crippen LogP contribution is 2.09. The van der Waals surface area contributed by atoms with Crippen LogP contribution in [0.2, 0.25) is 0 Å². The maximum Gasteiger partial charge on any atom is 0.246 e. The van der Waals surface area contributed by atoms with Gasteiger partial charge in [0.1, 0.15) is 12.4 Å². The van der Waals surface area contributed by atoms with Gasteiger partial charge < -0.3 is 20.6 Å². The molecule has 1 heterocycles. The second-order valence-corrected chi connectivity index (χ2v) is 5.11. The van der Waals surface area contributed by atoms with Gasteiger partial charge in [0.15, 0.2) is 5.96 Å². The van der Waals surface area contributed by atoms with Gasteiger partial charge >= 0.3 is 0 Å². The highest BCUT2D eigenvalue weighted by Gasteiger charge is 2.22. The molecule has 1 aromatic rings. The second-order valence-electron chi connectivity index (χ2n) is 5.11. The van der Waals surface area contributed by atoms with E-state index in [-0.39, 0.29) is 24.4 Å². The maximum atomic E-state index is 12.8. The van der Waals surface area contributed by atoms with E-state index in [0.717, 1.165) is 0 Å². The summed E-state index contributed by atoms with van der Waals surface area (Å²) in [6.45, 7) is 3.83. The Labute approximate surface area is 129 Å². The number of benzene rings is 1. The van der Waals surface area contributed by atoms with Crippen LogP contribution in [0.1, 0.15) is 13.3 Å². The predicted molar refractivity (Wildman–Crippen MR) is 83.2 cm³/mol. The molecule has 2 rings (SSSR count). The normalized spacial score (nSPS) is 18.4. The Morgan fingerprint density at radius 2 is 2.18 bits per heavy atom. The number of rotatable bonds is 4. The molecule has 120 valence electrons. The fourth-order valence-electron chi connectivity index (χ4n) is 2.24. The van der Waals surface area contributed by atoms with Gasteiger partial charge in [0.2, 0.25) is 5.91 Å². The quantitative estimate of drug-likeness (QED) is 0.568. The van der Waals surface area contributed by atoms with Gasteiger partial charge in [-0.1, -0.05) is 0 Å². The minimum absolute atomic E-state index is 0.0354. The number of amides is 1. The summed E-state index contributed by atoms with van der Waals surface area (Å²) >= 11 is 0. The van der Waals surface area contributed by atoms with Gasteiger partial charge in [-0.2, -0.15) is 0 Å². The molecule has 1 amide bonds. The number of hydrogen-bond donors (Lipinski definition) is 3. The topological polar surface area (TPSA) is 77.0 Å². The SMILES string of the molecule is CCNC(=NCC(=O)Nc1ccc(F)cc1)N1CC[C@@H](O)C1. The summed E-state index contributed by atoms with van der Waals surface area (Å²) in [6, 6.07) is 5.57. The van der Waals surface area contributed by atoms with Crippen LogP contribution in [0, 0.1) is 5.82 Å². The average molecular weight is 308 g/mol. The largest absolute Gasteiger partial charge is 0.391 e. The molecular formula is C15H21FN4O2. The predicted octanol–water partition coefficient (Wildman–Crippen LogP) is 0.796. The van der Waals surface area contributed by atoms with E-state index in [9.17, 15) is 14.3 Å². The third-order valence-electron chi connectivity index (χ3n) is 3.30. The molecule has 0 aromatic heterocycles. The van der Waals surface area contributed by atoms with Gasteiger partial charge in [0.05, 0.1) is 6.10 Å². The average Bonchev–Trinajstić information content (AvgIpc) is 2.92. The van der Waals surface area contributed by atoms with E-state index in [1.807, 2.05) is 11.8 Å². The van der Waals surface area contributed by atoms with E-state index >= 15 is 0 Å². The first kappa shape index (κ1) is 16.2. The molecule has 1 saturated heterocycles. The molecule has 0 spiro atoms. The van der Waals surface area contributed by atoms with Crippen LogP contribution in [0.4, 0.5) is 10.1 Å². The molecule has 1 fully saturated rings. The van der Waals surface area contributed by atoms with Gasteiger partial charge in [-0.25, -0.2) is 9.38 Å². The first-order valence-electron chi connectivity index (χ1n) is 7.35. The number of guanidine groups is 1. The van der Waals surface area contributed by atoms with E-state index in [2.05, 4.69) is 15.6 Å². The summed E-state index contributed by atoms with van der Waals surface area (Å²) in [7, 11) is 0. The Hall–Kier alpha value is -2.15. The zero-order valence-corrected chi connectivity index (χ0v) is 12.6. The van der Waals surface area contributed by atoms with E-state index in [1.54, 1.807) is 0 Å². The molecule has 0 unspecified atom stereocenters. The number of aliphatic hydroxyl groups excluding tert-OH is 1. The lowest BCUT2D eigenvalue weighted by Crippen LogP contribution is -2.41. The molecule has 3 N–H and O–H groups in total. The van der Waals surface area contributed by atoms with Crippen LogP contribution in [0.3, 0.4) is 0 Å². The number of anilines is 1. The first-order chi connectivity index (χ1) is 10.6. The van der Waals surface area contributed by atoms with E-state index in [0.29, 0.717) is 37.7 Å². The van der Waals surface area contributed by atoms with Crippen LogP contribution in [-0.4, -0.2) is 54.2 Å². The number of nitrogens with one attached hydrogen (secondary N) is 2. The maximum absolute atomic E-state index is 12.8. The van der Waals surface area contributed by atoms with Crippen LogP contribution in [0.25, 0.3) is 0 Å². The van der Waals surface area contributed by atoms with Gasteiger partial charge in [0.25, 0.3) is 0 Å². The highest BCUT2D eigenvalue weighted by molar-refractivity contribution is 5.94. The summed E-state index contributed by atoms with van der Waals surface area (Å²) in [5.41, 5.74) is 0.531. The molecular weight excluding hydrogens is 287 g/mol. The Balaban J connectivity index is 1.91. The van der Waals surface area contributed by atoms with Crippen molar-refractivity contribution in [2.75, 3.05) is 31.5 Å². The molecule has 0 bridgehead atoms. The third-order valence-corrected chi connectivity index (χ3v) is 3.30. The lowest BCUT2D eigenvalue weighted by atomic mass is 10.3. The molecule has 1 aromatic carbocycles. The first-order valence-corrected chi connectivity index (χ1v) is 7.35. The molecule has 7 heteroatoms. The number of carbonyl (C=O) groups excluding carboxylic acids is 1. The number of nitrogens with zero attached hydrogens (tertiary/aromatic N) is 2. The lowest BCUT2D eigenvalue weighted by Gasteiger charge is -2.20. The van der Waals surface area contributed by atoms with Gasteiger partial charge in [-0.15, -0.1) is 0 Å². The van der Waals surface area contributed by atoms with Crippen molar-refractivity contribution in [1.82, 2.24) is 10.2 Å². The smallest absolute Gasteiger partial charge is 0.246 e. The zero-order chi connectivity index (χ0) is 15.9. The summed E-state index contributed by atoms with van der Waals surface area (Å²) in [5, 5.41) is 15.3. The van der Waals surface area contributed by atoms with Crippen LogP contribution in [0.5, 0.6) is 0 Å². The second kappa shape index (κ2) is 7.74. The number of carbonyl (C=O) groups is 1. The Morgan fingerprint density at radius 1 is 1.45 bits per heavy atom. The number of β-amino-alcohol motifs (C(OH)–C–C–N with tert-alkyl or cyclic N) is 1. The minimum atomic E-state index is -0.350. The van der Waals surface area contributed by atoms with Crippen LogP contribution in [-0.2, 0) is 4.79 Å². The van der Waals surface area contributed by atoms with Gasteiger partial charge in [-0.3, -0.25) is 4.79 Å².